The Morgan fingerprint density at radius 3 is 2.50 bits per heavy atom. The van der Waals surface area contributed by atoms with Crippen molar-refractivity contribution >= 4 is 23.0 Å². The molecular weight excluding hydrogens is 317 g/mol. The van der Waals surface area contributed by atoms with E-state index in [-0.39, 0.29) is 17.2 Å². The van der Waals surface area contributed by atoms with Gasteiger partial charge in [0, 0.05) is 17.8 Å². The van der Waals surface area contributed by atoms with Crippen LogP contribution in [-0.4, -0.2) is 24.0 Å². The van der Waals surface area contributed by atoms with Crippen LogP contribution in [0.15, 0.2) is 42.5 Å². The molecule has 0 aliphatic rings. The molecule has 2 N–H and O–H groups in total. The number of anilines is 2. The molecule has 24 heavy (non-hydrogen) atoms. The summed E-state index contributed by atoms with van der Waals surface area (Å²) in [5.41, 5.74) is 0.611. The van der Waals surface area contributed by atoms with Crippen LogP contribution >= 0.6 is 0 Å². The zero-order chi connectivity index (χ0) is 17.7. The van der Waals surface area contributed by atoms with Crippen LogP contribution in [0, 0.1) is 15.9 Å². The van der Waals surface area contributed by atoms with Gasteiger partial charge in [-0.15, -0.1) is 0 Å². The summed E-state index contributed by atoms with van der Waals surface area (Å²) in [7, 11) is 1.40. The van der Waals surface area contributed by atoms with E-state index in [1.165, 1.54) is 49.6 Å². The normalized spacial score (nSPS) is 11.5. The van der Waals surface area contributed by atoms with E-state index in [9.17, 15) is 19.3 Å². The fourth-order valence-corrected chi connectivity index (χ4v) is 2.01. The van der Waals surface area contributed by atoms with Gasteiger partial charge in [0.25, 0.3) is 5.69 Å². The SMILES string of the molecule is COc1ccc([N+](=O)[O-])cc1NC(=O)[C@@H](C)Nc1ccc(F)cc1. The monoisotopic (exact) mass is 333 g/mol. The first-order valence-corrected chi connectivity index (χ1v) is 7.06. The number of rotatable bonds is 6. The van der Waals surface area contributed by atoms with Gasteiger partial charge in [0.05, 0.1) is 17.7 Å². The van der Waals surface area contributed by atoms with Gasteiger partial charge in [0.2, 0.25) is 5.91 Å². The largest absolute Gasteiger partial charge is 0.495 e. The molecule has 0 bridgehead atoms. The molecule has 0 spiro atoms. The van der Waals surface area contributed by atoms with Crippen LogP contribution < -0.4 is 15.4 Å². The molecule has 0 saturated heterocycles. The maximum Gasteiger partial charge on any atom is 0.271 e. The number of benzene rings is 2. The number of carbonyl (C=O) groups excluding carboxylic acids is 1. The van der Waals surface area contributed by atoms with E-state index >= 15 is 0 Å². The molecule has 126 valence electrons. The lowest BCUT2D eigenvalue weighted by Crippen LogP contribution is -2.32. The average molecular weight is 333 g/mol. The number of methoxy groups -OCH3 is 1. The number of ether oxygens (including phenoxy) is 1. The Balaban J connectivity index is 2.11. The Labute approximate surface area is 137 Å². The molecule has 0 aromatic heterocycles. The van der Waals surface area contributed by atoms with Gasteiger partial charge in [0.1, 0.15) is 17.6 Å². The van der Waals surface area contributed by atoms with E-state index in [2.05, 4.69) is 10.6 Å². The van der Waals surface area contributed by atoms with Gasteiger partial charge in [-0.05, 0) is 37.3 Å². The lowest BCUT2D eigenvalue weighted by molar-refractivity contribution is -0.384. The summed E-state index contributed by atoms with van der Waals surface area (Å²) in [5.74, 6) is -0.486. The fraction of sp³-hybridized carbons (Fsp3) is 0.188. The average Bonchev–Trinajstić information content (AvgIpc) is 2.56. The molecule has 0 unspecified atom stereocenters. The second kappa shape index (κ2) is 7.40. The van der Waals surface area contributed by atoms with Gasteiger partial charge in [0.15, 0.2) is 0 Å². The summed E-state index contributed by atoms with van der Waals surface area (Å²) in [6.07, 6.45) is 0. The predicted molar refractivity (Wildman–Crippen MR) is 87.8 cm³/mol. The maximum absolute atomic E-state index is 12.9. The van der Waals surface area contributed by atoms with E-state index in [1.807, 2.05) is 0 Å². The lowest BCUT2D eigenvalue weighted by atomic mass is 10.2. The van der Waals surface area contributed by atoms with Crippen molar-refractivity contribution in [3.63, 3.8) is 0 Å². The van der Waals surface area contributed by atoms with Crippen LogP contribution in [0.1, 0.15) is 6.92 Å². The highest BCUT2D eigenvalue weighted by Crippen LogP contribution is 2.29. The number of amides is 1. The predicted octanol–water partition coefficient (Wildman–Crippen LogP) is 3.18. The zero-order valence-corrected chi connectivity index (χ0v) is 13.1. The highest BCUT2D eigenvalue weighted by molar-refractivity contribution is 5.97. The van der Waals surface area contributed by atoms with E-state index in [0.29, 0.717) is 11.4 Å². The molecule has 0 heterocycles. The van der Waals surface area contributed by atoms with Gasteiger partial charge in [-0.2, -0.15) is 0 Å². The van der Waals surface area contributed by atoms with Crippen LogP contribution in [0.4, 0.5) is 21.5 Å². The van der Waals surface area contributed by atoms with E-state index in [0.717, 1.165) is 0 Å². The van der Waals surface area contributed by atoms with Gasteiger partial charge in [-0.1, -0.05) is 0 Å². The van der Waals surface area contributed by atoms with Crippen molar-refractivity contribution in [2.24, 2.45) is 0 Å². The first-order valence-electron chi connectivity index (χ1n) is 7.06. The number of halogens is 1. The first kappa shape index (κ1) is 17.2. The minimum absolute atomic E-state index is 0.162. The Morgan fingerprint density at radius 1 is 1.25 bits per heavy atom. The molecule has 1 amide bonds. The third-order valence-corrected chi connectivity index (χ3v) is 3.27. The molecule has 2 aromatic carbocycles. The summed E-state index contributed by atoms with van der Waals surface area (Å²) >= 11 is 0. The highest BCUT2D eigenvalue weighted by atomic mass is 19.1. The molecule has 2 aromatic rings. The van der Waals surface area contributed by atoms with Crippen LogP contribution in [0.3, 0.4) is 0 Å². The van der Waals surface area contributed by atoms with E-state index in [1.54, 1.807) is 6.92 Å². The molecule has 0 aliphatic heterocycles. The van der Waals surface area contributed by atoms with E-state index in [4.69, 9.17) is 4.74 Å². The van der Waals surface area contributed by atoms with Crippen molar-refractivity contribution in [3.05, 3.63) is 58.4 Å². The third-order valence-electron chi connectivity index (χ3n) is 3.27. The summed E-state index contributed by atoms with van der Waals surface area (Å²) in [5, 5.41) is 16.3. The van der Waals surface area contributed by atoms with Crippen LogP contribution in [0.5, 0.6) is 5.75 Å². The standard InChI is InChI=1S/C16H16FN3O4/c1-10(18-12-5-3-11(17)4-6-12)16(21)19-14-9-13(20(22)23)7-8-15(14)24-2/h3-10,18H,1-2H3,(H,19,21)/t10-/m1/s1. The van der Waals surface area contributed by atoms with Crippen LogP contribution in [-0.2, 0) is 4.79 Å². The van der Waals surface area contributed by atoms with Crippen molar-refractivity contribution in [2.45, 2.75) is 13.0 Å². The molecule has 0 aliphatic carbocycles. The topological polar surface area (TPSA) is 93.5 Å². The van der Waals surface area contributed by atoms with Crippen molar-refractivity contribution < 1.29 is 18.8 Å². The Bertz CT molecular complexity index is 749. The summed E-state index contributed by atoms with van der Waals surface area (Å²) in [4.78, 5) is 22.5. The molecule has 2 rings (SSSR count). The number of non-ortho nitro benzene ring substituents is 1. The molecule has 7 nitrogen and oxygen atoms in total. The number of hydrogen-bond acceptors (Lipinski definition) is 5. The Morgan fingerprint density at radius 2 is 1.92 bits per heavy atom. The third kappa shape index (κ3) is 4.19. The van der Waals surface area contributed by atoms with E-state index < -0.39 is 16.9 Å². The summed E-state index contributed by atoms with van der Waals surface area (Å²) in [6.45, 7) is 1.61. The summed E-state index contributed by atoms with van der Waals surface area (Å²) < 4.78 is 18.0. The van der Waals surface area contributed by atoms with Crippen molar-refractivity contribution in [2.75, 3.05) is 17.7 Å². The van der Waals surface area contributed by atoms with Gasteiger partial charge in [-0.3, -0.25) is 14.9 Å². The fourth-order valence-electron chi connectivity index (χ4n) is 2.01. The molecule has 1 atom stereocenters. The Hall–Kier alpha value is -3.16. The highest BCUT2D eigenvalue weighted by Gasteiger charge is 2.17. The van der Waals surface area contributed by atoms with Crippen molar-refractivity contribution in [1.82, 2.24) is 0 Å². The number of nitro benzene ring substituents is 1. The smallest absolute Gasteiger partial charge is 0.271 e. The second-order valence-electron chi connectivity index (χ2n) is 5.00. The molecule has 0 radical (unpaired) electrons. The number of nitro groups is 1. The number of nitrogens with one attached hydrogen (secondary N) is 2. The quantitative estimate of drug-likeness (QED) is 0.625. The minimum atomic E-state index is -0.653. The molecular formula is C16H16FN3O4. The van der Waals surface area contributed by atoms with Crippen LogP contribution in [0.25, 0.3) is 0 Å². The maximum atomic E-state index is 12.9. The number of nitrogens with zero attached hydrogens (tertiary/aromatic N) is 1. The summed E-state index contributed by atoms with van der Waals surface area (Å²) in [6, 6.07) is 8.83. The Kier molecular flexibility index (Phi) is 5.31. The first-order chi connectivity index (χ1) is 11.4. The van der Waals surface area contributed by atoms with Crippen molar-refractivity contribution in [3.8, 4) is 5.75 Å². The molecule has 8 heteroatoms. The van der Waals surface area contributed by atoms with Crippen molar-refractivity contribution in [1.29, 1.82) is 0 Å². The molecule has 0 saturated carbocycles. The minimum Gasteiger partial charge on any atom is -0.495 e. The second-order valence-corrected chi connectivity index (χ2v) is 5.00. The van der Waals surface area contributed by atoms with Gasteiger partial charge in [-0.25, -0.2) is 4.39 Å². The van der Waals surface area contributed by atoms with Crippen LogP contribution in [0.2, 0.25) is 0 Å². The number of hydrogen-bond donors (Lipinski definition) is 2. The van der Waals surface area contributed by atoms with Gasteiger partial charge < -0.3 is 15.4 Å². The lowest BCUT2D eigenvalue weighted by Gasteiger charge is -2.16. The van der Waals surface area contributed by atoms with Gasteiger partial charge >= 0.3 is 0 Å². The molecule has 0 fully saturated rings. The number of carbonyl (C=O) groups is 1. The zero-order valence-electron chi connectivity index (χ0n) is 13.1.